The second kappa shape index (κ2) is 11.5. The van der Waals surface area contributed by atoms with Gasteiger partial charge in [0.1, 0.15) is 11.5 Å². The smallest absolute Gasteiger partial charge is 0.306 e. The van der Waals surface area contributed by atoms with E-state index in [-0.39, 0.29) is 26.1 Å². The van der Waals surface area contributed by atoms with E-state index in [9.17, 15) is 19.8 Å². The molecule has 45 heavy (non-hydrogen) atoms. The summed E-state index contributed by atoms with van der Waals surface area (Å²) < 4.78 is 12.1. The molecule has 222 valence electrons. The van der Waals surface area contributed by atoms with Crippen molar-refractivity contribution in [2.75, 3.05) is 13.2 Å². The van der Waals surface area contributed by atoms with E-state index >= 15 is 0 Å². The standard InChI is InChI=1S/C39H30O6/c40-37(41)21-23-44-35-19-17-33(27-11-1-3-13-29(27)35)39(31-15-7-5-9-25(31)26-10-6-8-16-32(26)39)34-18-20-36(45-24-22-38(42)43)30-14-4-2-12-28(30)34/h1-20H,21-24H2,(H,40,41)(H,42,43). The second-order valence-electron chi connectivity index (χ2n) is 11.1. The van der Waals surface area contributed by atoms with Gasteiger partial charge in [0.2, 0.25) is 0 Å². The van der Waals surface area contributed by atoms with Crippen LogP contribution in [-0.2, 0) is 15.0 Å². The first-order valence-corrected chi connectivity index (χ1v) is 14.9. The molecule has 0 spiro atoms. The van der Waals surface area contributed by atoms with Crippen LogP contribution in [-0.4, -0.2) is 35.4 Å². The van der Waals surface area contributed by atoms with E-state index in [0.717, 1.165) is 54.9 Å². The molecule has 0 unspecified atom stereocenters. The van der Waals surface area contributed by atoms with E-state index in [1.165, 1.54) is 0 Å². The molecule has 0 aliphatic heterocycles. The van der Waals surface area contributed by atoms with Gasteiger partial charge in [-0.1, -0.05) is 109 Å². The Hall–Kier alpha value is -5.62. The number of rotatable bonds is 10. The molecule has 6 nitrogen and oxygen atoms in total. The average molecular weight is 595 g/mol. The van der Waals surface area contributed by atoms with Gasteiger partial charge in [-0.2, -0.15) is 0 Å². The van der Waals surface area contributed by atoms with Crippen LogP contribution in [0.4, 0.5) is 0 Å². The fourth-order valence-electron chi connectivity index (χ4n) is 6.91. The second-order valence-corrected chi connectivity index (χ2v) is 11.1. The normalized spacial score (nSPS) is 12.9. The van der Waals surface area contributed by atoms with Crippen molar-refractivity contribution in [3.05, 3.63) is 144 Å². The number of ether oxygens (including phenoxy) is 2. The van der Waals surface area contributed by atoms with Crippen LogP contribution in [0, 0.1) is 0 Å². The lowest BCUT2D eigenvalue weighted by atomic mass is 9.65. The first kappa shape index (κ1) is 28.2. The largest absolute Gasteiger partial charge is 0.492 e. The zero-order chi connectivity index (χ0) is 31.0. The lowest BCUT2D eigenvalue weighted by Gasteiger charge is -2.36. The van der Waals surface area contributed by atoms with Crippen molar-refractivity contribution >= 4 is 33.5 Å². The van der Waals surface area contributed by atoms with Crippen LogP contribution < -0.4 is 9.47 Å². The Bertz CT molecular complexity index is 1950. The van der Waals surface area contributed by atoms with Gasteiger partial charge in [0.05, 0.1) is 31.5 Å². The zero-order valence-electron chi connectivity index (χ0n) is 24.4. The summed E-state index contributed by atoms with van der Waals surface area (Å²) in [5, 5.41) is 22.2. The van der Waals surface area contributed by atoms with Crippen molar-refractivity contribution in [2.45, 2.75) is 18.3 Å². The Kier molecular flexibility index (Phi) is 7.18. The Labute approximate surface area is 260 Å². The highest BCUT2D eigenvalue weighted by Gasteiger charge is 2.47. The lowest BCUT2D eigenvalue weighted by Crippen LogP contribution is -2.29. The van der Waals surface area contributed by atoms with Crippen molar-refractivity contribution in [1.82, 2.24) is 0 Å². The third kappa shape index (κ3) is 4.66. The minimum Gasteiger partial charge on any atom is -0.492 e. The maximum absolute atomic E-state index is 11.2. The van der Waals surface area contributed by atoms with E-state index in [1.807, 2.05) is 48.5 Å². The summed E-state index contributed by atoms with van der Waals surface area (Å²) in [6, 6.07) is 41.4. The summed E-state index contributed by atoms with van der Waals surface area (Å²) in [5.74, 6) is -0.540. The molecule has 6 heteroatoms. The van der Waals surface area contributed by atoms with Crippen LogP contribution in [0.5, 0.6) is 11.5 Å². The summed E-state index contributed by atoms with van der Waals surface area (Å²) in [6.07, 6.45) is -0.179. The summed E-state index contributed by atoms with van der Waals surface area (Å²) in [4.78, 5) is 22.4. The van der Waals surface area contributed by atoms with Gasteiger partial charge in [0.15, 0.2) is 0 Å². The number of carbonyl (C=O) groups is 2. The highest BCUT2D eigenvalue weighted by atomic mass is 16.5. The van der Waals surface area contributed by atoms with E-state index in [4.69, 9.17) is 9.47 Å². The van der Waals surface area contributed by atoms with Crippen LogP contribution in [0.15, 0.2) is 121 Å². The lowest BCUT2D eigenvalue weighted by molar-refractivity contribution is -0.138. The summed E-state index contributed by atoms with van der Waals surface area (Å²) in [6.45, 7) is 0.146. The fraction of sp³-hybridized carbons (Fsp3) is 0.128. The predicted molar refractivity (Wildman–Crippen MR) is 174 cm³/mol. The van der Waals surface area contributed by atoms with Gasteiger partial charge >= 0.3 is 11.9 Å². The monoisotopic (exact) mass is 594 g/mol. The van der Waals surface area contributed by atoms with Gasteiger partial charge in [-0.05, 0) is 56.3 Å². The molecule has 6 aromatic rings. The molecule has 0 aromatic heterocycles. The third-order valence-corrected chi connectivity index (χ3v) is 8.68. The molecule has 0 saturated heterocycles. The molecule has 0 heterocycles. The van der Waals surface area contributed by atoms with Crippen LogP contribution in [0.3, 0.4) is 0 Å². The molecule has 0 saturated carbocycles. The van der Waals surface area contributed by atoms with E-state index in [2.05, 4.69) is 72.8 Å². The van der Waals surface area contributed by atoms with Crippen LogP contribution in [0.1, 0.15) is 35.1 Å². The Morgan fingerprint density at radius 2 is 0.844 bits per heavy atom. The van der Waals surface area contributed by atoms with Gasteiger partial charge in [-0.3, -0.25) is 9.59 Å². The number of fused-ring (bicyclic) bond motifs is 5. The molecular weight excluding hydrogens is 564 g/mol. The number of benzene rings is 6. The van der Waals surface area contributed by atoms with Crippen LogP contribution in [0.25, 0.3) is 32.7 Å². The molecule has 0 amide bonds. The number of aliphatic carboxylic acids is 2. The number of hydrogen-bond acceptors (Lipinski definition) is 4. The fourth-order valence-corrected chi connectivity index (χ4v) is 6.91. The minimum absolute atomic E-state index is 0.0729. The molecule has 0 bridgehead atoms. The molecule has 0 fully saturated rings. The summed E-state index contributed by atoms with van der Waals surface area (Å²) in [5.41, 5.74) is 6.04. The zero-order valence-corrected chi connectivity index (χ0v) is 24.4. The van der Waals surface area contributed by atoms with Gasteiger partial charge < -0.3 is 19.7 Å². The highest BCUT2D eigenvalue weighted by molar-refractivity contribution is 6.01. The molecule has 7 rings (SSSR count). The molecule has 0 atom stereocenters. The predicted octanol–water partition coefficient (Wildman–Crippen LogP) is 8.06. The molecule has 0 radical (unpaired) electrons. The average Bonchev–Trinajstić information content (AvgIpc) is 3.35. The van der Waals surface area contributed by atoms with Gasteiger partial charge in [-0.25, -0.2) is 0 Å². The Morgan fingerprint density at radius 3 is 1.27 bits per heavy atom. The van der Waals surface area contributed by atoms with Crippen molar-refractivity contribution in [1.29, 1.82) is 0 Å². The van der Waals surface area contributed by atoms with Gasteiger partial charge in [0.25, 0.3) is 0 Å². The maximum atomic E-state index is 11.2. The van der Waals surface area contributed by atoms with Crippen molar-refractivity contribution in [3.8, 4) is 22.6 Å². The van der Waals surface area contributed by atoms with Crippen molar-refractivity contribution in [2.24, 2.45) is 0 Å². The summed E-state index contributed by atoms with van der Waals surface area (Å²) >= 11 is 0. The van der Waals surface area contributed by atoms with E-state index in [1.54, 1.807) is 0 Å². The quantitative estimate of drug-likeness (QED) is 0.166. The maximum Gasteiger partial charge on any atom is 0.306 e. The number of carboxylic acid groups (broad SMARTS) is 2. The van der Waals surface area contributed by atoms with Crippen molar-refractivity contribution in [3.63, 3.8) is 0 Å². The number of hydrogen-bond donors (Lipinski definition) is 2. The van der Waals surface area contributed by atoms with E-state index < -0.39 is 17.4 Å². The molecule has 1 aliphatic rings. The third-order valence-electron chi connectivity index (χ3n) is 8.68. The SMILES string of the molecule is O=C(O)CCOc1ccc(C2(c3ccc(OCCC(=O)O)c4ccccc34)c3ccccc3-c3ccccc32)c2ccccc12. The molecule has 2 N–H and O–H groups in total. The van der Waals surface area contributed by atoms with Gasteiger partial charge in [0, 0.05) is 10.8 Å². The Morgan fingerprint density at radius 1 is 0.467 bits per heavy atom. The topological polar surface area (TPSA) is 93.1 Å². The first-order chi connectivity index (χ1) is 22.0. The minimum atomic E-state index is -0.906. The summed E-state index contributed by atoms with van der Waals surface area (Å²) in [7, 11) is 0. The van der Waals surface area contributed by atoms with E-state index in [0.29, 0.717) is 11.5 Å². The first-order valence-electron chi connectivity index (χ1n) is 14.9. The molecular formula is C39H30O6. The van der Waals surface area contributed by atoms with Crippen molar-refractivity contribution < 1.29 is 29.3 Å². The molecule has 1 aliphatic carbocycles. The van der Waals surface area contributed by atoms with Crippen LogP contribution in [0.2, 0.25) is 0 Å². The van der Waals surface area contributed by atoms with Gasteiger partial charge in [-0.15, -0.1) is 0 Å². The molecule has 6 aromatic carbocycles. The highest BCUT2D eigenvalue weighted by Crippen LogP contribution is 2.59. The number of carboxylic acids is 2. The van der Waals surface area contributed by atoms with Crippen LogP contribution >= 0.6 is 0 Å². The Balaban J connectivity index is 1.54.